The van der Waals surface area contributed by atoms with Crippen molar-refractivity contribution in [1.82, 2.24) is 29.1 Å². The van der Waals surface area contributed by atoms with Gasteiger partial charge in [-0.1, -0.05) is 0 Å². The molecule has 2 aromatic rings. The molecule has 2 aromatic heterocycles. The van der Waals surface area contributed by atoms with Crippen molar-refractivity contribution in [3.8, 4) is 0 Å². The summed E-state index contributed by atoms with van der Waals surface area (Å²) in [5.41, 5.74) is 0.411. The minimum atomic E-state index is -0.374. The van der Waals surface area contributed by atoms with Crippen molar-refractivity contribution in [3.05, 3.63) is 30.6 Å². The predicted molar refractivity (Wildman–Crippen MR) is 98.8 cm³/mol. The number of piperazine rings is 1. The van der Waals surface area contributed by atoms with Crippen molar-refractivity contribution in [3.63, 3.8) is 0 Å². The summed E-state index contributed by atoms with van der Waals surface area (Å²) in [7, 11) is 3.82. The highest BCUT2D eigenvalue weighted by Crippen LogP contribution is 2.34. The molecule has 0 N–H and O–H groups in total. The third-order valence-corrected chi connectivity index (χ3v) is 5.70. The molecule has 0 unspecified atom stereocenters. The Labute approximate surface area is 158 Å². The number of imidazole rings is 1. The lowest BCUT2D eigenvalue weighted by Gasteiger charge is -2.48. The largest absolute Gasteiger partial charge is 0.337 e. The van der Waals surface area contributed by atoms with E-state index >= 15 is 0 Å². The van der Waals surface area contributed by atoms with E-state index in [0.717, 1.165) is 37.6 Å². The molecule has 2 aliphatic rings. The van der Waals surface area contributed by atoms with Crippen molar-refractivity contribution in [1.29, 1.82) is 0 Å². The van der Waals surface area contributed by atoms with Crippen molar-refractivity contribution in [2.24, 2.45) is 14.1 Å². The number of nitrogens with zero attached hydrogens (tertiary/aromatic N) is 7. The third kappa shape index (κ3) is 3.12. The minimum absolute atomic E-state index is 0.0481. The number of hydrogen-bond acceptors (Lipinski definition) is 5. The maximum absolute atomic E-state index is 12.7. The smallest absolute Gasteiger partial charge is 0.246 e. The second-order valence-electron chi connectivity index (χ2n) is 7.60. The molecule has 2 fully saturated rings. The molecular formula is C18H25N7O2. The molecule has 1 spiro atoms. The van der Waals surface area contributed by atoms with Crippen LogP contribution in [0.5, 0.6) is 0 Å². The number of amides is 2. The quantitative estimate of drug-likeness (QED) is 0.758. The topological polar surface area (TPSA) is 79.5 Å². The summed E-state index contributed by atoms with van der Waals surface area (Å²) in [6.07, 6.45) is 8.12. The van der Waals surface area contributed by atoms with E-state index in [1.165, 1.54) is 0 Å². The zero-order chi connectivity index (χ0) is 19.2. The molecule has 0 aromatic carbocycles. The summed E-state index contributed by atoms with van der Waals surface area (Å²) in [5.74, 6) is 0.886. The van der Waals surface area contributed by atoms with Gasteiger partial charge < -0.3 is 14.4 Å². The lowest BCUT2D eigenvalue weighted by molar-refractivity contribution is -0.142. The molecule has 0 aliphatic carbocycles. The van der Waals surface area contributed by atoms with Gasteiger partial charge in [-0.25, -0.2) is 4.98 Å². The van der Waals surface area contributed by atoms with Gasteiger partial charge in [-0.05, 0) is 6.42 Å². The Kier molecular flexibility index (Phi) is 4.26. The van der Waals surface area contributed by atoms with Crippen molar-refractivity contribution >= 4 is 17.5 Å². The number of aromatic nitrogens is 4. The predicted octanol–water partition coefficient (Wildman–Crippen LogP) is -0.00660. The number of carbonyl (C=O) groups is 2. The van der Waals surface area contributed by atoms with Gasteiger partial charge in [-0.3, -0.25) is 19.2 Å². The molecule has 2 amide bonds. The monoisotopic (exact) mass is 371 g/mol. The maximum atomic E-state index is 12.7. The molecule has 4 heterocycles. The fourth-order valence-electron chi connectivity index (χ4n) is 4.26. The van der Waals surface area contributed by atoms with Gasteiger partial charge >= 0.3 is 0 Å². The van der Waals surface area contributed by atoms with Gasteiger partial charge in [-0.2, -0.15) is 5.10 Å². The van der Waals surface area contributed by atoms with Crippen LogP contribution in [-0.2, 0) is 30.2 Å². The van der Waals surface area contributed by atoms with Crippen LogP contribution in [-0.4, -0.2) is 72.7 Å². The Morgan fingerprint density at radius 1 is 1.30 bits per heavy atom. The van der Waals surface area contributed by atoms with E-state index in [2.05, 4.69) is 15.0 Å². The molecule has 4 rings (SSSR count). The number of anilines is 1. The third-order valence-electron chi connectivity index (χ3n) is 5.70. The highest BCUT2D eigenvalue weighted by atomic mass is 16.2. The highest BCUT2D eigenvalue weighted by molar-refractivity contribution is 5.98. The first kappa shape index (κ1) is 17.7. The SMILES string of the molecule is CC(=O)N1CC(=O)N(c2cnn(C)c2)C[C@@]12CCN(Cc1nccn1C)C2. The average Bonchev–Trinajstić information content (AvgIpc) is 3.32. The van der Waals surface area contributed by atoms with Crippen LogP contribution < -0.4 is 4.90 Å². The van der Waals surface area contributed by atoms with Crippen LogP contribution in [0.25, 0.3) is 0 Å². The van der Waals surface area contributed by atoms with Gasteiger partial charge in [0.15, 0.2) is 0 Å². The summed E-state index contributed by atoms with van der Waals surface area (Å²) < 4.78 is 3.70. The Balaban J connectivity index is 1.58. The van der Waals surface area contributed by atoms with Gasteiger partial charge in [-0.15, -0.1) is 0 Å². The molecule has 2 saturated heterocycles. The molecule has 0 radical (unpaired) electrons. The fourth-order valence-corrected chi connectivity index (χ4v) is 4.26. The first-order valence-corrected chi connectivity index (χ1v) is 9.14. The number of rotatable bonds is 3. The van der Waals surface area contributed by atoms with E-state index in [-0.39, 0.29) is 23.9 Å². The average molecular weight is 371 g/mol. The zero-order valence-electron chi connectivity index (χ0n) is 16.0. The molecule has 9 heteroatoms. The normalized spacial score (nSPS) is 23.6. The number of likely N-dealkylation sites (tertiary alicyclic amines) is 1. The van der Waals surface area contributed by atoms with E-state index in [9.17, 15) is 9.59 Å². The Hall–Kier alpha value is -2.68. The number of aryl methyl sites for hydroxylation is 2. The summed E-state index contributed by atoms with van der Waals surface area (Å²) in [5, 5.41) is 4.19. The number of hydrogen-bond donors (Lipinski definition) is 0. The molecular weight excluding hydrogens is 346 g/mol. The molecule has 0 bridgehead atoms. The van der Waals surface area contributed by atoms with E-state index < -0.39 is 0 Å². The lowest BCUT2D eigenvalue weighted by atomic mass is 9.92. The summed E-state index contributed by atoms with van der Waals surface area (Å²) in [6.45, 7) is 4.48. The molecule has 1 atom stereocenters. The van der Waals surface area contributed by atoms with Crippen LogP contribution in [0.1, 0.15) is 19.2 Å². The first-order chi connectivity index (χ1) is 12.9. The van der Waals surface area contributed by atoms with Crippen LogP contribution in [0.3, 0.4) is 0 Å². The van der Waals surface area contributed by atoms with Gasteiger partial charge in [0.2, 0.25) is 11.8 Å². The van der Waals surface area contributed by atoms with Crippen LogP contribution in [0, 0.1) is 0 Å². The summed E-state index contributed by atoms with van der Waals surface area (Å²) >= 11 is 0. The van der Waals surface area contributed by atoms with E-state index in [1.807, 2.05) is 31.1 Å². The van der Waals surface area contributed by atoms with Gasteiger partial charge in [0.25, 0.3) is 0 Å². The molecule has 9 nitrogen and oxygen atoms in total. The Bertz CT molecular complexity index is 873. The fraction of sp³-hybridized carbons (Fsp3) is 0.556. The summed E-state index contributed by atoms with van der Waals surface area (Å²) in [4.78, 5) is 35.3. The Morgan fingerprint density at radius 2 is 2.11 bits per heavy atom. The second kappa shape index (κ2) is 6.49. The van der Waals surface area contributed by atoms with E-state index in [1.54, 1.807) is 33.8 Å². The molecule has 0 saturated carbocycles. The highest BCUT2D eigenvalue weighted by Gasteiger charge is 2.50. The minimum Gasteiger partial charge on any atom is -0.337 e. The van der Waals surface area contributed by atoms with Crippen molar-refractivity contribution in [2.75, 3.05) is 31.1 Å². The molecule has 27 heavy (non-hydrogen) atoms. The van der Waals surface area contributed by atoms with Crippen LogP contribution in [0.2, 0.25) is 0 Å². The van der Waals surface area contributed by atoms with Crippen LogP contribution >= 0.6 is 0 Å². The van der Waals surface area contributed by atoms with Gasteiger partial charge in [0.05, 0.1) is 30.5 Å². The molecule has 144 valence electrons. The van der Waals surface area contributed by atoms with E-state index in [4.69, 9.17) is 0 Å². The zero-order valence-corrected chi connectivity index (χ0v) is 16.0. The number of carbonyl (C=O) groups excluding carboxylic acids is 2. The standard InChI is InChI=1S/C18H25N7O2/c1-14(26)25-11-17(27)24(15-8-20-22(3)9-15)13-18(25)4-6-23(12-18)10-16-19-5-7-21(16)2/h5,7-9H,4,6,10-13H2,1-3H3/t18-/m0/s1. The van der Waals surface area contributed by atoms with Crippen LogP contribution in [0.4, 0.5) is 5.69 Å². The molecule has 2 aliphatic heterocycles. The van der Waals surface area contributed by atoms with Crippen molar-refractivity contribution < 1.29 is 9.59 Å². The van der Waals surface area contributed by atoms with Gasteiger partial charge in [0, 0.05) is 52.7 Å². The van der Waals surface area contributed by atoms with Crippen molar-refractivity contribution in [2.45, 2.75) is 25.4 Å². The Morgan fingerprint density at radius 3 is 2.74 bits per heavy atom. The van der Waals surface area contributed by atoms with Crippen LogP contribution in [0.15, 0.2) is 24.8 Å². The maximum Gasteiger partial charge on any atom is 0.246 e. The first-order valence-electron chi connectivity index (χ1n) is 9.14. The summed E-state index contributed by atoms with van der Waals surface area (Å²) in [6, 6.07) is 0. The lowest BCUT2D eigenvalue weighted by Crippen LogP contribution is -2.66. The second-order valence-corrected chi connectivity index (χ2v) is 7.60. The van der Waals surface area contributed by atoms with Gasteiger partial charge in [0.1, 0.15) is 12.4 Å². The van der Waals surface area contributed by atoms with E-state index in [0.29, 0.717) is 6.54 Å².